The number of halogens is 3. The standard InChI is InChI=1S/C16H20F3N5O/c1-3-25-14-8-20-7-13(22-14)24-6-4-5-11(9-24)15-21-12(10-23(15)2)16(17,18)19/h7-8,10-11H,3-6,9H2,1-2H3. The summed E-state index contributed by atoms with van der Waals surface area (Å²) < 4.78 is 45.5. The van der Waals surface area contributed by atoms with Gasteiger partial charge in [0.05, 0.1) is 19.0 Å². The molecule has 9 heteroatoms. The maximum Gasteiger partial charge on any atom is 0.434 e. The first-order valence-electron chi connectivity index (χ1n) is 8.18. The Labute approximate surface area is 143 Å². The maximum absolute atomic E-state index is 12.9. The highest BCUT2D eigenvalue weighted by Crippen LogP contribution is 2.33. The number of piperidine rings is 1. The predicted molar refractivity (Wildman–Crippen MR) is 85.6 cm³/mol. The van der Waals surface area contributed by atoms with Gasteiger partial charge in [-0.3, -0.25) is 4.98 Å². The van der Waals surface area contributed by atoms with Crippen molar-refractivity contribution in [2.45, 2.75) is 31.9 Å². The Morgan fingerprint density at radius 1 is 1.28 bits per heavy atom. The summed E-state index contributed by atoms with van der Waals surface area (Å²) in [7, 11) is 1.60. The number of nitrogens with zero attached hydrogens (tertiary/aromatic N) is 5. The second kappa shape index (κ2) is 6.89. The first-order valence-corrected chi connectivity index (χ1v) is 8.18. The van der Waals surface area contributed by atoms with Crippen molar-refractivity contribution in [2.24, 2.45) is 7.05 Å². The molecule has 2 aromatic heterocycles. The molecule has 0 radical (unpaired) electrons. The summed E-state index contributed by atoms with van der Waals surface area (Å²) >= 11 is 0. The van der Waals surface area contributed by atoms with Gasteiger partial charge in [-0.1, -0.05) is 0 Å². The largest absolute Gasteiger partial charge is 0.477 e. The fourth-order valence-corrected chi connectivity index (χ4v) is 3.10. The Balaban J connectivity index is 1.80. The van der Waals surface area contributed by atoms with E-state index in [1.54, 1.807) is 19.4 Å². The van der Waals surface area contributed by atoms with Crippen molar-refractivity contribution in [1.82, 2.24) is 19.5 Å². The molecule has 1 fully saturated rings. The van der Waals surface area contributed by atoms with Crippen LogP contribution in [0.5, 0.6) is 5.88 Å². The van der Waals surface area contributed by atoms with E-state index in [9.17, 15) is 13.2 Å². The molecule has 0 spiro atoms. The zero-order valence-electron chi connectivity index (χ0n) is 14.1. The molecule has 1 aliphatic heterocycles. The van der Waals surface area contributed by atoms with Gasteiger partial charge in [0.15, 0.2) is 11.5 Å². The van der Waals surface area contributed by atoms with Crippen LogP contribution in [0.3, 0.4) is 0 Å². The van der Waals surface area contributed by atoms with Gasteiger partial charge in [0.2, 0.25) is 5.88 Å². The summed E-state index contributed by atoms with van der Waals surface area (Å²) in [6.45, 7) is 3.68. The van der Waals surface area contributed by atoms with Gasteiger partial charge in [0, 0.05) is 32.3 Å². The van der Waals surface area contributed by atoms with Gasteiger partial charge in [-0.25, -0.2) is 4.98 Å². The van der Waals surface area contributed by atoms with Crippen molar-refractivity contribution in [3.63, 3.8) is 0 Å². The van der Waals surface area contributed by atoms with Crippen molar-refractivity contribution < 1.29 is 17.9 Å². The summed E-state index contributed by atoms with van der Waals surface area (Å²) in [4.78, 5) is 14.4. The van der Waals surface area contributed by atoms with Crippen LogP contribution in [-0.2, 0) is 13.2 Å². The lowest BCUT2D eigenvalue weighted by Crippen LogP contribution is -2.36. The van der Waals surface area contributed by atoms with Gasteiger partial charge in [0.1, 0.15) is 5.82 Å². The zero-order valence-corrected chi connectivity index (χ0v) is 14.1. The van der Waals surface area contributed by atoms with Gasteiger partial charge in [-0.15, -0.1) is 0 Å². The Morgan fingerprint density at radius 2 is 2.08 bits per heavy atom. The number of alkyl halides is 3. The highest BCUT2D eigenvalue weighted by Gasteiger charge is 2.36. The molecule has 0 N–H and O–H groups in total. The Hall–Kier alpha value is -2.32. The molecule has 1 saturated heterocycles. The Bertz CT molecular complexity index is 731. The van der Waals surface area contributed by atoms with Gasteiger partial charge in [-0.05, 0) is 19.8 Å². The van der Waals surface area contributed by atoms with E-state index < -0.39 is 11.9 Å². The Kier molecular flexibility index (Phi) is 4.82. The fourth-order valence-electron chi connectivity index (χ4n) is 3.10. The fraction of sp³-hybridized carbons (Fsp3) is 0.562. The van der Waals surface area contributed by atoms with E-state index in [1.807, 2.05) is 11.8 Å². The highest BCUT2D eigenvalue weighted by molar-refractivity contribution is 5.39. The number of rotatable bonds is 4. The van der Waals surface area contributed by atoms with E-state index in [0.717, 1.165) is 25.6 Å². The quantitative estimate of drug-likeness (QED) is 0.844. The van der Waals surface area contributed by atoms with Crippen molar-refractivity contribution in [2.75, 3.05) is 24.6 Å². The molecule has 3 rings (SSSR count). The molecular formula is C16H20F3N5O. The molecule has 1 aliphatic rings. The second-order valence-corrected chi connectivity index (χ2v) is 6.03. The van der Waals surface area contributed by atoms with Crippen LogP contribution in [0, 0.1) is 0 Å². The van der Waals surface area contributed by atoms with E-state index in [-0.39, 0.29) is 5.92 Å². The molecule has 1 atom stereocenters. The van der Waals surface area contributed by atoms with Crippen LogP contribution >= 0.6 is 0 Å². The summed E-state index contributed by atoms with van der Waals surface area (Å²) in [6.07, 6.45) is 1.44. The van der Waals surface area contributed by atoms with Gasteiger partial charge in [-0.2, -0.15) is 18.2 Å². The number of hydrogen-bond donors (Lipinski definition) is 0. The van der Waals surface area contributed by atoms with Crippen LogP contribution in [0.25, 0.3) is 0 Å². The number of aryl methyl sites for hydroxylation is 1. The lowest BCUT2D eigenvalue weighted by molar-refractivity contribution is -0.141. The third-order valence-corrected chi connectivity index (χ3v) is 4.21. The molecule has 0 amide bonds. The highest BCUT2D eigenvalue weighted by atomic mass is 19.4. The number of imidazole rings is 1. The molecule has 2 aromatic rings. The minimum atomic E-state index is -4.43. The van der Waals surface area contributed by atoms with Crippen molar-refractivity contribution in [3.05, 3.63) is 30.1 Å². The SMILES string of the molecule is CCOc1cncc(N2CCCC(c3nc(C(F)(F)F)cn3C)C2)n1. The number of aromatic nitrogens is 4. The first-order chi connectivity index (χ1) is 11.9. The van der Waals surface area contributed by atoms with Crippen LogP contribution in [0.4, 0.5) is 19.0 Å². The summed E-state index contributed by atoms with van der Waals surface area (Å²) in [5.41, 5.74) is -0.847. The van der Waals surface area contributed by atoms with Crippen LogP contribution in [-0.4, -0.2) is 39.2 Å². The summed E-state index contributed by atoms with van der Waals surface area (Å²) in [5, 5.41) is 0. The number of anilines is 1. The maximum atomic E-state index is 12.9. The second-order valence-electron chi connectivity index (χ2n) is 6.03. The van der Waals surface area contributed by atoms with Gasteiger partial charge < -0.3 is 14.2 Å². The van der Waals surface area contributed by atoms with E-state index in [1.165, 1.54) is 4.57 Å². The average Bonchev–Trinajstić information content (AvgIpc) is 2.98. The lowest BCUT2D eigenvalue weighted by Gasteiger charge is -2.33. The van der Waals surface area contributed by atoms with E-state index in [2.05, 4.69) is 15.0 Å². The van der Waals surface area contributed by atoms with E-state index >= 15 is 0 Å². The van der Waals surface area contributed by atoms with Crippen molar-refractivity contribution >= 4 is 5.82 Å². The Morgan fingerprint density at radius 3 is 2.76 bits per heavy atom. The molecule has 25 heavy (non-hydrogen) atoms. The smallest absolute Gasteiger partial charge is 0.434 e. The predicted octanol–water partition coefficient (Wildman–Crippen LogP) is 3.01. The normalized spacial score (nSPS) is 18.4. The molecule has 0 aromatic carbocycles. The molecule has 6 nitrogen and oxygen atoms in total. The lowest BCUT2D eigenvalue weighted by atomic mass is 9.97. The van der Waals surface area contributed by atoms with Crippen LogP contribution < -0.4 is 9.64 Å². The summed E-state index contributed by atoms with van der Waals surface area (Å²) in [6, 6.07) is 0. The monoisotopic (exact) mass is 355 g/mol. The molecule has 136 valence electrons. The van der Waals surface area contributed by atoms with E-state index in [4.69, 9.17) is 4.74 Å². The average molecular weight is 355 g/mol. The number of ether oxygens (including phenoxy) is 1. The third kappa shape index (κ3) is 3.85. The molecule has 3 heterocycles. The molecule has 0 bridgehead atoms. The summed E-state index contributed by atoms with van der Waals surface area (Å²) in [5.74, 6) is 1.47. The molecule has 0 saturated carbocycles. The van der Waals surface area contributed by atoms with Gasteiger partial charge >= 0.3 is 6.18 Å². The topological polar surface area (TPSA) is 56.1 Å². The zero-order chi connectivity index (χ0) is 18.0. The minimum absolute atomic E-state index is 0.0904. The molecule has 1 unspecified atom stereocenters. The number of hydrogen-bond acceptors (Lipinski definition) is 5. The van der Waals surface area contributed by atoms with Crippen molar-refractivity contribution in [3.8, 4) is 5.88 Å². The van der Waals surface area contributed by atoms with Crippen molar-refractivity contribution in [1.29, 1.82) is 0 Å². The van der Waals surface area contributed by atoms with Gasteiger partial charge in [0.25, 0.3) is 0 Å². The third-order valence-electron chi connectivity index (χ3n) is 4.21. The molecule has 0 aliphatic carbocycles. The van der Waals surface area contributed by atoms with Crippen LogP contribution in [0.15, 0.2) is 18.6 Å². The van der Waals surface area contributed by atoms with Crippen LogP contribution in [0.2, 0.25) is 0 Å². The first kappa shape index (κ1) is 17.5. The molecular weight excluding hydrogens is 335 g/mol. The van der Waals surface area contributed by atoms with E-state index in [0.29, 0.717) is 30.7 Å². The minimum Gasteiger partial charge on any atom is -0.477 e. The van der Waals surface area contributed by atoms with Crippen LogP contribution in [0.1, 0.15) is 37.2 Å².